The molecule has 0 unspecified atom stereocenters. The summed E-state index contributed by atoms with van der Waals surface area (Å²) in [5.74, 6) is 1.05. The molecule has 0 bridgehead atoms. The van der Waals surface area contributed by atoms with Crippen molar-refractivity contribution in [1.29, 1.82) is 0 Å². The number of rotatable bonds is 8. The van der Waals surface area contributed by atoms with E-state index in [0.717, 1.165) is 39.8 Å². The van der Waals surface area contributed by atoms with E-state index in [4.69, 9.17) is 0 Å². The van der Waals surface area contributed by atoms with Crippen molar-refractivity contribution >= 4 is 34.7 Å². The molecule has 0 spiro atoms. The van der Waals surface area contributed by atoms with Gasteiger partial charge in [-0.2, -0.15) is 0 Å². The van der Waals surface area contributed by atoms with E-state index < -0.39 is 0 Å². The molecule has 1 amide bonds. The Labute approximate surface area is 180 Å². The predicted octanol–water partition coefficient (Wildman–Crippen LogP) is 5.41. The molecule has 0 atom stereocenters. The Morgan fingerprint density at radius 1 is 1.31 bits per heavy atom. The summed E-state index contributed by atoms with van der Waals surface area (Å²) in [7, 11) is 0. The number of hydrogen-bond donors (Lipinski definition) is 1. The zero-order valence-electron chi connectivity index (χ0n) is 17.3. The lowest BCUT2D eigenvalue weighted by Gasteiger charge is -2.10. The van der Waals surface area contributed by atoms with Crippen LogP contribution in [0.15, 0.2) is 41.4 Å². The van der Waals surface area contributed by atoms with Crippen molar-refractivity contribution in [3.05, 3.63) is 57.8 Å². The number of thiophene rings is 1. The molecular weight excluding hydrogens is 400 g/mol. The molecular formula is C22H26N4OS2. The minimum Gasteiger partial charge on any atom is -0.325 e. The smallest absolute Gasteiger partial charge is 0.234 e. The van der Waals surface area contributed by atoms with Gasteiger partial charge in [-0.25, -0.2) is 0 Å². The van der Waals surface area contributed by atoms with E-state index in [0.29, 0.717) is 6.54 Å². The number of aryl methyl sites for hydroxylation is 3. The van der Waals surface area contributed by atoms with Crippen LogP contribution in [0.3, 0.4) is 0 Å². The fraction of sp³-hybridized carbons (Fsp3) is 0.318. The maximum absolute atomic E-state index is 12.5. The molecule has 152 valence electrons. The first-order valence-corrected chi connectivity index (χ1v) is 11.4. The topological polar surface area (TPSA) is 59.8 Å². The quantitative estimate of drug-likeness (QED) is 0.386. The number of carbonyl (C=O) groups excluding carboxylic acids is 1. The molecule has 7 heteroatoms. The summed E-state index contributed by atoms with van der Waals surface area (Å²) in [4.78, 5) is 13.8. The Bertz CT molecular complexity index is 1040. The minimum absolute atomic E-state index is 0.0565. The van der Waals surface area contributed by atoms with Crippen LogP contribution >= 0.6 is 23.1 Å². The van der Waals surface area contributed by atoms with Crippen molar-refractivity contribution in [2.45, 2.75) is 45.8 Å². The highest BCUT2D eigenvalue weighted by Crippen LogP contribution is 2.32. The van der Waals surface area contributed by atoms with Crippen LogP contribution in [-0.4, -0.2) is 26.4 Å². The molecule has 29 heavy (non-hydrogen) atoms. The van der Waals surface area contributed by atoms with E-state index in [-0.39, 0.29) is 11.7 Å². The number of carbonyl (C=O) groups is 1. The van der Waals surface area contributed by atoms with E-state index in [1.54, 1.807) is 11.3 Å². The van der Waals surface area contributed by atoms with Crippen molar-refractivity contribution in [2.75, 3.05) is 11.1 Å². The second-order valence-corrected chi connectivity index (χ2v) is 8.92. The molecule has 0 radical (unpaired) electrons. The summed E-state index contributed by atoms with van der Waals surface area (Å²) in [5.41, 5.74) is 5.44. The van der Waals surface area contributed by atoms with Gasteiger partial charge in [0, 0.05) is 28.1 Å². The summed E-state index contributed by atoms with van der Waals surface area (Å²) >= 11 is 3.12. The third-order valence-corrected chi connectivity index (χ3v) is 6.65. The van der Waals surface area contributed by atoms with E-state index in [1.165, 1.54) is 22.2 Å². The zero-order valence-corrected chi connectivity index (χ0v) is 18.9. The Morgan fingerprint density at radius 3 is 2.83 bits per heavy atom. The first-order chi connectivity index (χ1) is 13.9. The van der Waals surface area contributed by atoms with E-state index in [9.17, 15) is 4.79 Å². The Hall–Kier alpha value is -2.38. The zero-order chi connectivity index (χ0) is 21.0. The maximum atomic E-state index is 12.5. The lowest BCUT2D eigenvalue weighted by atomic mass is 10.1. The van der Waals surface area contributed by atoms with Crippen molar-refractivity contribution in [1.82, 2.24) is 14.8 Å². The summed E-state index contributed by atoms with van der Waals surface area (Å²) in [6, 6.07) is 6.04. The van der Waals surface area contributed by atoms with E-state index >= 15 is 0 Å². The molecule has 0 saturated carbocycles. The van der Waals surface area contributed by atoms with Gasteiger partial charge in [0.25, 0.3) is 0 Å². The number of hydrogen-bond acceptors (Lipinski definition) is 5. The molecule has 0 aliphatic carbocycles. The van der Waals surface area contributed by atoms with Crippen molar-refractivity contribution in [2.24, 2.45) is 0 Å². The first kappa shape index (κ1) is 21.3. The fourth-order valence-corrected chi connectivity index (χ4v) is 4.87. The van der Waals surface area contributed by atoms with Gasteiger partial charge < -0.3 is 5.32 Å². The molecule has 3 aromatic rings. The van der Waals surface area contributed by atoms with Crippen molar-refractivity contribution < 1.29 is 4.79 Å². The number of aromatic nitrogens is 3. The Balaban J connectivity index is 1.77. The second kappa shape index (κ2) is 9.41. The van der Waals surface area contributed by atoms with Crippen LogP contribution < -0.4 is 5.32 Å². The van der Waals surface area contributed by atoms with Crippen LogP contribution in [0.4, 0.5) is 5.69 Å². The van der Waals surface area contributed by atoms with Gasteiger partial charge in [0.1, 0.15) is 0 Å². The molecule has 0 fully saturated rings. The average Bonchev–Trinajstić information content (AvgIpc) is 3.26. The van der Waals surface area contributed by atoms with E-state index in [1.807, 2.05) is 42.7 Å². The number of anilines is 1. The van der Waals surface area contributed by atoms with Gasteiger partial charge >= 0.3 is 0 Å². The van der Waals surface area contributed by atoms with Gasteiger partial charge in [-0.1, -0.05) is 36.9 Å². The largest absolute Gasteiger partial charge is 0.325 e. The van der Waals surface area contributed by atoms with Crippen molar-refractivity contribution in [3.8, 4) is 11.4 Å². The molecule has 1 aromatic carbocycles. The molecule has 0 aliphatic rings. The molecule has 3 rings (SSSR count). The van der Waals surface area contributed by atoms with Crippen LogP contribution in [0.2, 0.25) is 0 Å². The van der Waals surface area contributed by atoms with Gasteiger partial charge in [-0.05, 0) is 49.9 Å². The maximum Gasteiger partial charge on any atom is 0.234 e. The highest BCUT2D eigenvalue weighted by Gasteiger charge is 2.19. The molecule has 2 heterocycles. The van der Waals surface area contributed by atoms with Crippen LogP contribution in [0.25, 0.3) is 11.4 Å². The monoisotopic (exact) mass is 426 g/mol. The van der Waals surface area contributed by atoms with Gasteiger partial charge in [-0.15, -0.1) is 28.1 Å². The van der Waals surface area contributed by atoms with Gasteiger partial charge in [0.2, 0.25) is 5.91 Å². The van der Waals surface area contributed by atoms with E-state index in [2.05, 4.69) is 41.3 Å². The number of amides is 1. The number of benzene rings is 1. The third kappa shape index (κ3) is 4.79. The van der Waals surface area contributed by atoms with Gasteiger partial charge in [0.05, 0.1) is 5.75 Å². The Kier molecular flexibility index (Phi) is 6.92. The van der Waals surface area contributed by atoms with Gasteiger partial charge in [-0.3, -0.25) is 9.36 Å². The first-order valence-electron chi connectivity index (χ1n) is 9.55. The van der Waals surface area contributed by atoms with Gasteiger partial charge in [0.15, 0.2) is 11.0 Å². The number of allylic oxidation sites excluding steroid dienone is 1. The normalized spacial score (nSPS) is 10.9. The molecule has 5 nitrogen and oxygen atoms in total. The lowest BCUT2D eigenvalue weighted by molar-refractivity contribution is -0.113. The summed E-state index contributed by atoms with van der Waals surface area (Å²) < 4.78 is 2.03. The molecule has 1 N–H and O–H groups in total. The Morgan fingerprint density at radius 2 is 2.10 bits per heavy atom. The molecule has 0 saturated heterocycles. The number of nitrogens with zero attached hydrogens (tertiary/aromatic N) is 3. The summed E-state index contributed by atoms with van der Waals surface area (Å²) in [6.45, 7) is 12.8. The molecule has 2 aromatic heterocycles. The number of nitrogens with one attached hydrogen (secondary N) is 1. The van der Waals surface area contributed by atoms with Crippen LogP contribution in [-0.2, 0) is 17.8 Å². The predicted molar refractivity (Wildman–Crippen MR) is 123 cm³/mol. The third-order valence-electron chi connectivity index (χ3n) is 4.73. The highest BCUT2D eigenvalue weighted by molar-refractivity contribution is 7.99. The number of thioether (sulfide) groups is 1. The standard InChI is InChI=1S/C22H26N4OS2/c1-6-10-26-21(18-12-28-16(5)17(18)7-2)24-25-22(26)29-13-20(27)23-19-11-14(3)8-9-15(19)4/h6,8-9,11-12H,1,7,10,13H2,2-5H3,(H,23,27). The van der Waals surface area contributed by atoms with Crippen LogP contribution in [0.5, 0.6) is 0 Å². The lowest BCUT2D eigenvalue weighted by Crippen LogP contribution is -2.15. The summed E-state index contributed by atoms with van der Waals surface area (Å²) in [6.07, 6.45) is 2.78. The summed E-state index contributed by atoms with van der Waals surface area (Å²) in [5, 5.41) is 14.7. The second-order valence-electron chi connectivity index (χ2n) is 6.90. The minimum atomic E-state index is -0.0565. The fourth-order valence-electron chi connectivity index (χ4n) is 3.18. The highest BCUT2D eigenvalue weighted by atomic mass is 32.2. The average molecular weight is 427 g/mol. The van der Waals surface area contributed by atoms with Crippen molar-refractivity contribution in [3.63, 3.8) is 0 Å². The SMILES string of the molecule is C=CCn1c(SCC(=O)Nc2cc(C)ccc2C)nnc1-c1csc(C)c1CC. The van der Waals surface area contributed by atoms with Crippen LogP contribution in [0.1, 0.15) is 28.5 Å². The molecule has 0 aliphatic heterocycles. The van der Waals surface area contributed by atoms with Crippen LogP contribution in [0, 0.1) is 20.8 Å².